The highest BCUT2D eigenvalue weighted by molar-refractivity contribution is 9.10. The summed E-state index contributed by atoms with van der Waals surface area (Å²) in [5.41, 5.74) is 1.93. The summed E-state index contributed by atoms with van der Waals surface area (Å²) in [6, 6.07) is 6.18. The van der Waals surface area contributed by atoms with E-state index in [1.165, 1.54) is 6.42 Å². The number of nitrogens with zero attached hydrogens (tertiary/aromatic N) is 3. The van der Waals surface area contributed by atoms with Crippen LogP contribution >= 0.6 is 15.9 Å². The molecule has 2 fully saturated rings. The minimum atomic E-state index is 0.430. The molecule has 1 aliphatic heterocycles. The average molecular weight is 385 g/mol. The fraction of sp³-hybridized carbons (Fsp3) is 0.389. The van der Waals surface area contributed by atoms with Crippen molar-refractivity contribution in [3.8, 4) is 0 Å². The SMILES string of the molecule is O=C1CC2CC(C1)CN(c1ncnc3[nH]c4c(Br)cccc4c13)C2. The monoisotopic (exact) mass is 384 g/mol. The third-order valence-corrected chi connectivity index (χ3v) is 5.97. The molecule has 2 bridgehead atoms. The van der Waals surface area contributed by atoms with Crippen molar-refractivity contribution in [3.63, 3.8) is 0 Å². The zero-order chi connectivity index (χ0) is 16.3. The first kappa shape index (κ1) is 14.4. The van der Waals surface area contributed by atoms with E-state index in [4.69, 9.17) is 0 Å². The number of fused-ring (bicyclic) bond motifs is 5. The topological polar surface area (TPSA) is 61.9 Å². The van der Waals surface area contributed by atoms with Gasteiger partial charge < -0.3 is 9.88 Å². The molecular weight excluding hydrogens is 368 g/mol. The molecule has 0 radical (unpaired) electrons. The number of rotatable bonds is 1. The Bertz CT molecular complexity index is 950. The summed E-state index contributed by atoms with van der Waals surface area (Å²) in [4.78, 5) is 26.7. The van der Waals surface area contributed by atoms with E-state index in [2.05, 4.69) is 41.8 Å². The van der Waals surface area contributed by atoms with Crippen LogP contribution in [0.2, 0.25) is 0 Å². The highest BCUT2D eigenvalue weighted by Gasteiger charge is 2.35. The predicted octanol–water partition coefficient (Wildman–Crippen LogP) is 3.68. The molecular formula is C18H17BrN4O. The number of piperidine rings is 1. The Morgan fingerprint density at radius 3 is 2.75 bits per heavy atom. The quantitative estimate of drug-likeness (QED) is 0.694. The number of hydrogen-bond donors (Lipinski definition) is 1. The summed E-state index contributed by atoms with van der Waals surface area (Å²) in [6.45, 7) is 1.82. The van der Waals surface area contributed by atoms with Crippen LogP contribution < -0.4 is 4.90 Å². The molecule has 6 heteroatoms. The molecule has 3 aromatic rings. The van der Waals surface area contributed by atoms with Crippen LogP contribution in [0.1, 0.15) is 19.3 Å². The third-order valence-electron chi connectivity index (χ3n) is 5.31. The molecule has 5 rings (SSSR count). The second-order valence-corrected chi connectivity index (χ2v) is 7.88. The van der Waals surface area contributed by atoms with Gasteiger partial charge in [0.15, 0.2) is 0 Å². The van der Waals surface area contributed by atoms with Crippen molar-refractivity contribution in [2.75, 3.05) is 18.0 Å². The van der Waals surface area contributed by atoms with Gasteiger partial charge in [0.1, 0.15) is 23.6 Å². The first-order chi connectivity index (χ1) is 11.7. The zero-order valence-electron chi connectivity index (χ0n) is 13.1. The van der Waals surface area contributed by atoms with Gasteiger partial charge in [0.25, 0.3) is 0 Å². The predicted molar refractivity (Wildman–Crippen MR) is 97.1 cm³/mol. The van der Waals surface area contributed by atoms with E-state index < -0.39 is 0 Å². The van der Waals surface area contributed by atoms with Crippen molar-refractivity contribution in [1.82, 2.24) is 15.0 Å². The lowest BCUT2D eigenvalue weighted by Crippen LogP contribution is -2.45. The number of carbonyl (C=O) groups excluding carboxylic acids is 1. The first-order valence-corrected chi connectivity index (χ1v) is 9.16. The molecule has 0 spiro atoms. The minimum Gasteiger partial charge on any atom is -0.355 e. The second-order valence-electron chi connectivity index (χ2n) is 7.03. The van der Waals surface area contributed by atoms with Gasteiger partial charge in [0, 0.05) is 35.8 Å². The molecule has 122 valence electrons. The van der Waals surface area contributed by atoms with Gasteiger partial charge in [-0.05, 0) is 40.3 Å². The molecule has 24 heavy (non-hydrogen) atoms. The van der Waals surface area contributed by atoms with Crippen LogP contribution in [0.25, 0.3) is 21.9 Å². The van der Waals surface area contributed by atoms with E-state index in [1.54, 1.807) is 6.33 Å². The van der Waals surface area contributed by atoms with Crippen molar-refractivity contribution >= 4 is 49.5 Å². The van der Waals surface area contributed by atoms with Crippen LogP contribution in [0.15, 0.2) is 29.0 Å². The molecule has 3 heterocycles. The van der Waals surface area contributed by atoms with Crippen LogP contribution in [0.3, 0.4) is 0 Å². The maximum absolute atomic E-state index is 11.8. The van der Waals surface area contributed by atoms with Crippen molar-refractivity contribution in [2.45, 2.75) is 19.3 Å². The number of aromatic nitrogens is 3. The van der Waals surface area contributed by atoms with Gasteiger partial charge >= 0.3 is 0 Å². The molecule has 1 aliphatic carbocycles. The lowest BCUT2D eigenvalue weighted by molar-refractivity contribution is -0.123. The van der Waals surface area contributed by atoms with Crippen LogP contribution in [-0.2, 0) is 4.79 Å². The summed E-state index contributed by atoms with van der Waals surface area (Å²) in [5.74, 6) is 2.35. The van der Waals surface area contributed by atoms with Crippen molar-refractivity contribution < 1.29 is 4.79 Å². The lowest BCUT2D eigenvalue weighted by atomic mass is 9.77. The molecule has 2 aliphatic rings. The average Bonchev–Trinajstić information content (AvgIpc) is 2.94. The number of Topliss-reactive ketones (excluding diaryl/α,β-unsaturated/α-hetero) is 1. The number of para-hydroxylation sites is 1. The van der Waals surface area contributed by atoms with Gasteiger partial charge in [-0.15, -0.1) is 0 Å². The summed E-state index contributed by atoms with van der Waals surface area (Å²) < 4.78 is 1.03. The number of H-pyrrole nitrogens is 1. The molecule has 1 saturated carbocycles. The molecule has 5 nitrogen and oxygen atoms in total. The van der Waals surface area contributed by atoms with Crippen molar-refractivity contribution in [2.24, 2.45) is 11.8 Å². The van der Waals surface area contributed by atoms with Crippen molar-refractivity contribution in [1.29, 1.82) is 0 Å². The van der Waals surface area contributed by atoms with Gasteiger partial charge in [-0.25, -0.2) is 9.97 Å². The normalized spacial score (nSPS) is 24.0. The Hall–Kier alpha value is -1.95. The van der Waals surface area contributed by atoms with E-state index in [0.717, 1.165) is 58.2 Å². The fourth-order valence-corrected chi connectivity index (χ4v) is 4.92. The number of hydrogen-bond acceptors (Lipinski definition) is 4. The molecule has 2 aromatic heterocycles. The van der Waals surface area contributed by atoms with Gasteiger partial charge in [-0.1, -0.05) is 12.1 Å². The Kier molecular flexibility index (Phi) is 3.16. The number of anilines is 1. The highest BCUT2D eigenvalue weighted by Crippen LogP contribution is 2.39. The highest BCUT2D eigenvalue weighted by atomic mass is 79.9. The smallest absolute Gasteiger partial charge is 0.143 e. The lowest BCUT2D eigenvalue weighted by Gasteiger charge is -2.41. The molecule has 2 atom stereocenters. The largest absolute Gasteiger partial charge is 0.355 e. The summed E-state index contributed by atoms with van der Waals surface area (Å²) in [5, 5.41) is 2.22. The zero-order valence-corrected chi connectivity index (χ0v) is 14.7. The minimum absolute atomic E-state index is 0.430. The van der Waals surface area contributed by atoms with Crippen molar-refractivity contribution in [3.05, 3.63) is 29.0 Å². The number of ketones is 1. The number of nitrogens with one attached hydrogen (secondary N) is 1. The van der Waals surface area contributed by atoms with Crippen LogP contribution in [-0.4, -0.2) is 33.8 Å². The number of benzene rings is 1. The number of halogens is 1. The summed E-state index contributed by atoms with van der Waals surface area (Å²) >= 11 is 3.61. The van der Waals surface area contributed by atoms with E-state index in [0.29, 0.717) is 17.6 Å². The van der Waals surface area contributed by atoms with Gasteiger partial charge in [-0.2, -0.15) is 0 Å². The maximum atomic E-state index is 11.8. The standard InChI is InChI=1S/C18H17BrN4O/c19-14-3-1-2-13-15-17(22-16(13)14)20-9-21-18(15)23-7-10-4-11(8-23)6-12(24)5-10/h1-3,9-11H,4-8H2,(H,20,21,22). The van der Waals surface area contributed by atoms with Gasteiger partial charge in [-0.3, -0.25) is 4.79 Å². The van der Waals surface area contributed by atoms with E-state index in [1.807, 2.05) is 12.1 Å². The van der Waals surface area contributed by atoms with E-state index in [-0.39, 0.29) is 0 Å². The molecule has 1 N–H and O–H groups in total. The Labute approximate surface area is 147 Å². The summed E-state index contributed by atoms with van der Waals surface area (Å²) in [6.07, 6.45) is 4.26. The molecule has 0 amide bonds. The van der Waals surface area contributed by atoms with E-state index >= 15 is 0 Å². The molecule has 2 unspecified atom stereocenters. The Morgan fingerprint density at radius 2 is 1.96 bits per heavy atom. The number of aromatic amines is 1. The van der Waals surface area contributed by atoms with Crippen LogP contribution in [0.5, 0.6) is 0 Å². The summed E-state index contributed by atoms with van der Waals surface area (Å²) in [7, 11) is 0. The van der Waals surface area contributed by atoms with Gasteiger partial charge in [0.05, 0.1) is 10.9 Å². The fourth-order valence-electron chi connectivity index (χ4n) is 4.45. The first-order valence-electron chi connectivity index (χ1n) is 8.36. The molecule has 1 aromatic carbocycles. The third kappa shape index (κ3) is 2.16. The second kappa shape index (κ2) is 5.28. The van der Waals surface area contributed by atoms with Gasteiger partial charge in [0.2, 0.25) is 0 Å². The maximum Gasteiger partial charge on any atom is 0.143 e. The molecule has 1 saturated heterocycles. The van der Waals surface area contributed by atoms with E-state index in [9.17, 15) is 4.79 Å². The Balaban J connectivity index is 1.66. The van der Waals surface area contributed by atoms with Crippen LogP contribution in [0.4, 0.5) is 5.82 Å². The number of carbonyl (C=O) groups is 1. The Morgan fingerprint density at radius 1 is 1.17 bits per heavy atom. The van der Waals surface area contributed by atoms with Crippen LogP contribution in [0, 0.1) is 11.8 Å².